The van der Waals surface area contributed by atoms with E-state index in [-0.39, 0.29) is 11.4 Å². The molecule has 3 aromatic rings. The lowest BCUT2D eigenvalue weighted by Crippen LogP contribution is -2.09. The van der Waals surface area contributed by atoms with Crippen LogP contribution in [-0.2, 0) is 12.8 Å². The van der Waals surface area contributed by atoms with E-state index in [2.05, 4.69) is 23.8 Å². The third-order valence-corrected chi connectivity index (χ3v) is 7.19. The molecule has 0 spiro atoms. The number of hydrogen-bond acceptors (Lipinski definition) is 4. The highest BCUT2D eigenvalue weighted by molar-refractivity contribution is 5.91. The van der Waals surface area contributed by atoms with Gasteiger partial charge in [0.2, 0.25) is 0 Å². The van der Waals surface area contributed by atoms with E-state index < -0.39 is 5.97 Å². The number of halogens is 1. The van der Waals surface area contributed by atoms with Crippen LogP contribution in [0.3, 0.4) is 0 Å². The number of esters is 1. The first kappa shape index (κ1) is 30.5. The molecule has 0 aliphatic rings. The van der Waals surface area contributed by atoms with Crippen molar-refractivity contribution in [2.45, 2.75) is 110 Å². The highest BCUT2D eigenvalue weighted by atomic mass is 19.1. The van der Waals surface area contributed by atoms with Gasteiger partial charge >= 0.3 is 5.97 Å². The average Bonchev–Trinajstić information content (AvgIpc) is 2.96. The Bertz CT molecular complexity index is 1110. The van der Waals surface area contributed by atoms with E-state index in [4.69, 9.17) is 4.74 Å². The van der Waals surface area contributed by atoms with Gasteiger partial charge in [0, 0.05) is 18.0 Å². The topological polar surface area (TPSA) is 52.1 Å². The smallest absolute Gasteiger partial charge is 0.343 e. The van der Waals surface area contributed by atoms with E-state index in [0.29, 0.717) is 23.6 Å². The van der Waals surface area contributed by atoms with E-state index in [1.807, 2.05) is 24.5 Å². The fourth-order valence-electron chi connectivity index (χ4n) is 4.73. The Kier molecular flexibility index (Phi) is 13.7. The van der Waals surface area contributed by atoms with E-state index in [0.717, 1.165) is 36.8 Å². The molecule has 2 aromatic carbocycles. The third kappa shape index (κ3) is 10.9. The predicted molar refractivity (Wildman–Crippen MR) is 158 cm³/mol. The molecule has 0 fully saturated rings. The van der Waals surface area contributed by atoms with Gasteiger partial charge < -0.3 is 4.74 Å². The number of nitrogens with zero attached hydrogens (tertiary/aromatic N) is 2. The van der Waals surface area contributed by atoms with E-state index >= 15 is 0 Å². The standard InChI is InChI=1S/C34H45FN2O2/c1-3-5-7-9-11-13-15-17-28-18-19-30(24-32(28)35)34(38)39-31-22-20-29(21-23-31)33-36-25-27(26-37-33)16-14-12-10-8-6-4-2/h18-26H,3-17H2,1-2H3. The van der Waals surface area contributed by atoms with Crippen molar-refractivity contribution in [1.82, 2.24) is 9.97 Å². The van der Waals surface area contributed by atoms with Crippen molar-refractivity contribution in [2.24, 2.45) is 0 Å². The molecule has 0 radical (unpaired) electrons. The summed E-state index contributed by atoms with van der Waals surface area (Å²) >= 11 is 0. The number of aromatic nitrogens is 2. The Morgan fingerprint density at radius 1 is 0.718 bits per heavy atom. The molecule has 3 rings (SSSR count). The van der Waals surface area contributed by atoms with Crippen molar-refractivity contribution >= 4 is 5.97 Å². The number of rotatable bonds is 18. The third-order valence-electron chi connectivity index (χ3n) is 7.19. The molecule has 1 aromatic heterocycles. The van der Waals surface area contributed by atoms with Gasteiger partial charge in [-0.2, -0.15) is 0 Å². The van der Waals surface area contributed by atoms with Crippen LogP contribution in [0, 0.1) is 5.82 Å². The molecule has 0 aliphatic heterocycles. The van der Waals surface area contributed by atoms with E-state index in [9.17, 15) is 9.18 Å². The second-order valence-electron chi connectivity index (χ2n) is 10.5. The largest absolute Gasteiger partial charge is 0.423 e. The van der Waals surface area contributed by atoms with Crippen molar-refractivity contribution in [3.63, 3.8) is 0 Å². The lowest BCUT2D eigenvalue weighted by Gasteiger charge is -2.08. The second kappa shape index (κ2) is 17.5. The fourth-order valence-corrected chi connectivity index (χ4v) is 4.73. The monoisotopic (exact) mass is 532 g/mol. The maximum atomic E-state index is 14.6. The van der Waals surface area contributed by atoms with Crippen molar-refractivity contribution in [2.75, 3.05) is 0 Å². The number of carbonyl (C=O) groups is 1. The van der Waals surface area contributed by atoms with Gasteiger partial charge in [0.05, 0.1) is 5.56 Å². The SMILES string of the molecule is CCCCCCCCCc1ccc(C(=O)Oc2ccc(-c3ncc(CCCCCCCC)cn3)cc2)cc1F. The molecule has 5 heteroatoms. The minimum Gasteiger partial charge on any atom is -0.423 e. The first-order valence-electron chi connectivity index (χ1n) is 15.0. The number of unbranched alkanes of at least 4 members (excludes halogenated alkanes) is 11. The van der Waals surface area contributed by atoms with Crippen LogP contribution in [0.2, 0.25) is 0 Å². The van der Waals surface area contributed by atoms with Gasteiger partial charge in [-0.1, -0.05) is 90.5 Å². The van der Waals surface area contributed by atoms with Gasteiger partial charge in [-0.15, -0.1) is 0 Å². The maximum absolute atomic E-state index is 14.6. The van der Waals surface area contributed by atoms with Crippen LogP contribution in [0.5, 0.6) is 5.75 Å². The number of aryl methyl sites for hydroxylation is 2. The van der Waals surface area contributed by atoms with Crippen molar-refractivity contribution in [1.29, 1.82) is 0 Å². The molecule has 0 atom stereocenters. The molecule has 0 saturated carbocycles. The highest BCUT2D eigenvalue weighted by Crippen LogP contribution is 2.22. The van der Waals surface area contributed by atoms with Gasteiger partial charge in [-0.05, 0) is 73.2 Å². The normalized spacial score (nSPS) is 11.1. The molecule has 0 aliphatic carbocycles. The minimum absolute atomic E-state index is 0.212. The van der Waals surface area contributed by atoms with E-state index in [1.165, 1.54) is 70.3 Å². The molecular formula is C34H45FN2O2. The lowest BCUT2D eigenvalue weighted by molar-refractivity contribution is 0.0734. The fraction of sp³-hybridized carbons (Fsp3) is 0.500. The van der Waals surface area contributed by atoms with Crippen LogP contribution >= 0.6 is 0 Å². The molecular weight excluding hydrogens is 487 g/mol. The van der Waals surface area contributed by atoms with Gasteiger partial charge in [-0.3, -0.25) is 0 Å². The Morgan fingerprint density at radius 3 is 1.87 bits per heavy atom. The summed E-state index contributed by atoms with van der Waals surface area (Å²) in [5.41, 5.74) is 2.87. The first-order chi connectivity index (χ1) is 19.1. The van der Waals surface area contributed by atoms with Crippen LogP contribution < -0.4 is 4.74 Å². The summed E-state index contributed by atoms with van der Waals surface area (Å²) < 4.78 is 20.1. The number of hydrogen-bond donors (Lipinski definition) is 0. The summed E-state index contributed by atoms with van der Waals surface area (Å²) in [6, 6.07) is 11.7. The Labute approximate surface area is 234 Å². The summed E-state index contributed by atoms with van der Waals surface area (Å²) in [7, 11) is 0. The van der Waals surface area contributed by atoms with Crippen LogP contribution in [0.25, 0.3) is 11.4 Å². The Hall–Kier alpha value is -3.08. The number of carbonyl (C=O) groups excluding carboxylic acids is 1. The molecule has 4 nitrogen and oxygen atoms in total. The molecule has 0 bridgehead atoms. The van der Waals surface area contributed by atoms with Crippen molar-refractivity contribution < 1.29 is 13.9 Å². The van der Waals surface area contributed by atoms with Gasteiger partial charge in [0.25, 0.3) is 0 Å². The highest BCUT2D eigenvalue weighted by Gasteiger charge is 2.13. The lowest BCUT2D eigenvalue weighted by atomic mass is 10.0. The summed E-state index contributed by atoms with van der Waals surface area (Å²) in [5, 5.41) is 0. The predicted octanol–water partition coefficient (Wildman–Crippen LogP) is 9.70. The average molecular weight is 533 g/mol. The van der Waals surface area contributed by atoms with Crippen LogP contribution in [-0.4, -0.2) is 15.9 Å². The molecule has 0 unspecified atom stereocenters. The minimum atomic E-state index is -0.570. The zero-order chi connectivity index (χ0) is 27.7. The summed E-state index contributed by atoms with van der Waals surface area (Å²) in [6.07, 6.45) is 21.4. The number of ether oxygens (including phenoxy) is 1. The molecule has 0 N–H and O–H groups in total. The number of benzene rings is 2. The van der Waals surface area contributed by atoms with Crippen molar-refractivity contribution in [3.05, 3.63) is 77.4 Å². The summed E-state index contributed by atoms with van der Waals surface area (Å²) in [5.74, 6) is 0.122. The van der Waals surface area contributed by atoms with Crippen molar-refractivity contribution in [3.8, 4) is 17.1 Å². The van der Waals surface area contributed by atoms with Gasteiger partial charge in [-0.25, -0.2) is 19.2 Å². The molecule has 39 heavy (non-hydrogen) atoms. The molecule has 1 heterocycles. The Morgan fingerprint density at radius 2 is 1.28 bits per heavy atom. The second-order valence-corrected chi connectivity index (χ2v) is 10.5. The molecule has 0 saturated heterocycles. The van der Waals surface area contributed by atoms with E-state index in [1.54, 1.807) is 24.3 Å². The van der Waals surface area contributed by atoms with Gasteiger partial charge in [0.15, 0.2) is 5.82 Å². The van der Waals surface area contributed by atoms with Crippen LogP contribution in [0.15, 0.2) is 54.9 Å². The maximum Gasteiger partial charge on any atom is 0.343 e. The zero-order valence-corrected chi connectivity index (χ0v) is 23.9. The van der Waals surface area contributed by atoms with Gasteiger partial charge in [0.1, 0.15) is 11.6 Å². The summed E-state index contributed by atoms with van der Waals surface area (Å²) in [6.45, 7) is 4.45. The van der Waals surface area contributed by atoms with Crippen LogP contribution in [0.4, 0.5) is 4.39 Å². The van der Waals surface area contributed by atoms with Crippen LogP contribution in [0.1, 0.15) is 119 Å². The molecule has 210 valence electrons. The first-order valence-corrected chi connectivity index (χ1v) is 15.0. The quantitative estimate of drug-likeness (QED) is 0.0929. The summed E-state index contributed by atoms with van der Waals surface area (Å²) in [4.78, 5) is 21.6. The zero-order valence-electron chi connectivity index (χ0n) is 23.9. The Balaban J connectivity index is 1.44. The molecule has 0 amide bonds.